The molecule has 1 aromatic rings. The molecule has 0 radical (unpaired) electrons. The zero-order valence-corrected chi connectivity index (χ0v) is 15.1. The molecular weight excluding hydrogens is 377 g/mol. The molecule has 0 spiro atoms. The van der Waals surface area contributed by atoms with Gasteiger partial charge in [-0.25, -0.2) is 13.1 Å². The summed E-state index contributed by atoms with van der Waals surface area (Å²) in [6.07, 6.45) is 2.73. The van der Waals surface area contributed by atoms with Crippen LogP contribution in [-0.4, -0.2) is 40.6 Å². The number of nitrogens with two attached hydrogens (primary N) is 1. The summed E-state index contributed by atoms with van der Waals surface area (Å²) in [6.45, 7) is 1.34. The highest BCUT2D eigenvalue weighted by Crippen LogP contribution is 2.27. The molecule has 0 aliphatic carbocycles. The Kier molecular flexibility index (Phi) is 7.98. The average Bonchev–Trinajstić information content (AvgIpc) is 2.52. The molecule has 0 saturated carbocycles. The number of halogens is 2. The number of hydrogen-bond acceptors (Lipinski definition) is 5. The van der Waals surface area contributed by atoms with Crippen molar-refractivity contribution in [3.8, 4) is 5.75 Å². The van der Waals surface area contributed by atoms with Crippen LogP contribution in [0.25, 0.3) is 0 Å². The monoisotopic (exact) mass is 395 g/mol. The highest BCUT2D eigenvalue weighted by molar-refractivity contribution is 7.89. The standard InChI is InChI=1S/C14H18ClN3O4S.ClH/c15-11-1-2-12(22-9-14(16)19)13(7-11)23(20,21)18-8-10-3-5-17-6-4-10;/h1-3,7,17-18H,4-6,8-9H2,(H2,16,19);1H. The fourth-order valence-corrected chi connectivity index (χ4v) is 3.50. The Morgan fingerprint density at radius 2 is 2.17 bits per heavy atom. The van der Waals surface area contributed by atoms with Crippen molar-refractivity contribution in [3.05, 3.63) is 34.9 Å². The van der Waals surface area contributed by atoms with Gasteiger partial charge in [-0.3, -0.25) is 4.79 Å². The first-order chi connectivity index (χ1) is 10.9. The molecule has 0 atom stereocenters. The SMILES string of the molecule is Cl.NC(=O)COc1ccc(Cl)cc1S(=O)(=O)NCC1=CCNCC1. The van der Waals surface area contributed by atoms with Gasteiger partial charge in [0.1, 0.15) is 10.6 Å². The van der Waals surface area contributed by atoms with Crippen molar-refractivity contribution in [1.29, 1.82) is 0 Å². The van der Waals surface area contributed by atoms with Gasteiger partial charge >= 0.3 is 0 Å². The minimum Gasteiger partial charge on any atom is -0.482 e. The molecule has 134 valence electrons. The maximum atomic E-state index is 12.5. The third-order valence-electron chi connectivity index (χ3n) is 3.21. The number of amides is 1. The summed E-state index contributed by atoms with van der Waals surface area (Å²) in [5.74, 6) is -0.670. The molecule has 4 N–H and O–H groups in total. The summed E-state index contributed by atoms with van der Waals surface area (Å²) in [5, 5.41) is 3.40. The van der Waals surface area contributed by atoms with Crippen molar-refractivity contribution in [3.63, 3.8) is 0 Å². The highest BCUT2D eigenvalue weighted by atomic mass is 35.5. The second-order valence-corrected chi connectivity index (χ2v) is 7.16. The van der Waals surface area contributed by atoms with Gasteiger partial charge < -0.3 is 15.8 Å². The number of sulfonamides is 1. The molecule has 7 nitrogen and oxygen atoms in total. The van der Waals surface area contributed by atoms with E-state index in [9.17, 15) is 13.2 Å². The number of benzene rings is 1. The van der Waals surface area contributed by atoms with Crippen molar-refractivity contribution in [2.24, 2.45) is 5.73 Å². The molecule has 0 aromatic heterocycles. The lowest BCUT2D eigenvalue weighted by molar-refractivity contribution is -0.120. The van der Waals surface area contributed by atoms with Crippen LogP contribution in [-0.2, 0) is 14.8 Å². The summed E-state index contributed by atoms with van der Waals surface area (Å²) in [6, 6.07) is 4.15. The number of nitrogens with one attached hydrogen (secondary N) is 2. The van der Waals surface area contributed by atoms with Crippen molar-refractivity contribution in [1.82, 2.24) is 10.0 Å². The summed E-state index contributed by atoms with van der Waals surface area (Å²) in [5.41, 5.74) is 6.03. The number of hydrogen-bond donors (Lipinski definition) is 3. The fraction of sp³-hybridized carbons (Fsp3) is 0.357. The first-order valence-electron chi connectivity index (χ1n) is 6.97. The number of carbonyl (C=O) groups excluding carboxylic acids is 1. The molecule has 0 fully saturated rings. The van der Waals surface area contributed by atoms with Gasteiger partial charge in [0.05, 0.1) is 0 Å². The summed E-state index contributed by atoms with van der Waals surface area (Å²) < 4.78 is 32.6. The largest absolute Gasteiger partial charge is 0.482 e. The van der Waals surface area contributed by atoms with E-state index in [1.165, 1.54) is 18.2 Å². The fourth-order valence-electron chi connectivity index (χ4n) is 2.06. The molecule has 1 aromatic carbocycles. The van der Waals surface area contributed by atoms with Crippen LogP contribution in [0, 0.1) is 0 Å². The van der Waals surface area contributed by atoms with E-state index in [2.05, 4.69) is 10.0 Å². The van der Waals surface area contributed by atoms with Crippen LogP contribution in [0.1, 0.15) is 6.42 Å². The van der Waals surface area contributed by atoms with Gasteiger partial charge in [0.2, 0.25) is 10.0 Å². The Hall–Kier alpha value is -1.32. The Labute approximate surface area is 152 Å². The average molecular weight is 396 g/mol. The Balaban J connectivity index is 0.00000288. The van der Waals surface area contributed by atoms with E-state index in [-0.39, 0.29) is 34.6 Å². The van der Waals surface area contributed by atoms with E-state index < -0.39 is 22.5 Å². The first kappa shape index (κ1) is 20.7. The molecule has 0 bridgehead atoms. The van der Waals surface area contributed by atoms with Crippen molar-refractivity contribution >= 4 is 39.9 Å². The van der Waals surface area contributed by atoms with Gasteiger partial charge in [-0.15, -0.1) is 12.4 Å². The summed E-state index contributed by atoms with van der Waals surface area (Å²) >= 11 is 5.88. The highest BCUT2D eigenvalue weighted by Gasteiger charge is 2.21. The minimum absolute atomic E-state index is 0. The number of ether oxygens (including phenoxy) is 1. The van der Waals surface area contributed by atoms with Crippen LogP contribution in [0.15, 0.2) is 34.7 Å². The Morgan fingerprint density at radius 1 is 1.42 bits per heavy atom. The molecule has 1 aliphatic rings. The quantitative estimate of drug-likeness (QED) is 0.592. The number of carbonyl (C=O) groups is 1. The second-order valence-electron chi connectivity index (χ2n) is 4.99. The Bertz CT molecular complexity index is 723. The van der Waals surface area contributed by atoms with E-state index in [1.54, 1.807) is 0 Å². The molecule has 1 amide bonds. The van der Waals surface area contributed by atoms with E-state index in [0.717, 1.165) is 25.1 Å². The van der Waals surface area contributed by atoms with Gasteiger partial charge in [-0.2, -0.15) is 0 Å². The van der Waals surface area contributed by atoms with Gasteiger partial charge in [-0.1, -0.05) is 23.3 Å². The van der Waals surface area contributed by atoms with Crippen LogP contribution in [0.3, 0.4) is 0 Å². The van der Waals surface area contributed by atoms with Crippen molar-refractivity contribution in [2.45, 2.75) is 11.3 Å². The van der Waals surface area contributed by atoms with E-state index in [0.29, 0.717) is 0 Å². The minimum atomic E-state index is -3.83. The lowest BCUT2D eigenvalue weighted by Crippen LogP contribution is -2.30. The maximum Gasteiger partial charge on any atom is 0.255 e. The van der Waals surface area contributed by atoms with Crippen LogP contribution in [0.5, 0.6) is 5.75 Å². The van der Waals surface area contributed by atoms with Crippen LogP contribution in [0.2, 0.25) is 5.02 Å². The maximum absolute atomic E-state index is 12.5. The zero-order chi connectivity index (χ0) is 16.9. The molecule has 2 rings (SSSR count). The molecule has 1 heterocycles. The van der Waals surface area contributed by atoms with E-state index in [1.807, 2.05) is 6.08 Å². The van der Waals surface area contributed by atoms with E-state index in [4.69, 9.17) is 22.1 Å². The van der Waals surface area contributed by atoms with Gasteiger partial charge in [-0.05, 0) is 31.2 Å². The molecule has 24 heavy (non-hydrogen) atoms. The number of rotatable bonds is 7. The van der Waals surface area contributed by atoms with Crippen LogP contribution < -0.4 is 20.5 Å². The topological polar surface area (TPSA) is 111 Å². The summed E-state index contributed by atoms with van der Waals surface area (Å²) in [4.78, 5) is 10.7. The first-order valence-corrected chi connectivity index (χ1v) is 8.83. The predicted molar refractivity (Wildman–Crippen MR) is 94.1 cm³/mol. The van der Waals surface area contributed by atoms with Gasteiger partial charge in [0.25, 0.3) is 5.91 Å². The third-order valence-corrected chi connectivity index (χ3v) is 4.87. The summed E-state index contributed by atoms with van der Waals surface area (Å²) in [7, 11) is -3.83. The normalized spacial score (nSPS) is 14.5. The third kappa shape index (κ3) is 5.95. The molecule has 0 unspecified atom stereocenters. The lowest BCUT2D eigenvalue weighted by atomic mass is 10.1. The van der Waals surface area contributed by atoms with E-state index >= 15 is 0 Å². The molecule has 1 aliphatic heterocycles. The second kappa shape index (κ2) is 9.24. The Morgan fingerprint density at radius 3 is 2.79 bits per heavy atom. The zero-order valence-electron chi connectivity index (χ0n) is 12.7. The van der Waals surface area contributed by atoms with Crippen LogP contribution in [0.4, 0.5) is 0 Å². The molecule has 0 saturated heterocycles. The van der Waals surface area contributed by atoms with Gasteiger partial charge in [0, 0.05) is 18.1 Å². The number of primary amides is 1. The van der Waals surface area contributed by atoms with Gasteiger partial charge in [0.15, 0.2) is 6.61 Å². The smallest absolute Gasteiger partial charge is 0.255 e. The van der Waals surface area contributed by atoms with Crippen LogP contribution >= 0.6 is 24.0 Å². The predicted octanol–water partition coefficient (Wildman–Crippen LogP) is 0.824. The van der Waals surface area contributed by atoms with Crippen molar-refractivity contribution in [2.75, 3.05) is 26.2 Å². The van der Waals surface area contributed by atoms with Crippen molar-refractivity contribution < 1.29 is 17.9 Å². The molecular formula is C14H19Cl2N3O4S. The lowest BCUT2D eigenvalue weighted by Gasteiger charge is -2.16. The molecule has 10 heteroatoms.